The fourth-order valence-electron chi connectivity index (χ4n) is 3.95. The second-order valence-corrected chi connectivity index (χ2v) is 5.55. The molecule has 5 nitrogen and oxygen atoms in total. The Balaban J connectivity index is 2.51. The van der Waals surface area contributed by atoms with E-state index in [1.54, 1.807) is 6.08 Å². The SMILES string of the molecule is C=C[C@@H]1CC(C(=O)OC)(C(=O)OC)[C@H]2CCCC(=O)[C@@H]12. The second kappa shape index (κ2) is 5.38. The number of hydrogen-bond donors (Lipinski definition) is 0. The van der Waals surface area contributed by atoms with Gasteiger partial charge in [-0.25, -0.2) is 0 Å². The van der Waals surface area contributed by atoms with Crippen LogP contribution >= 0.6 is 0 Å². The molecule has 0 amide bonds. The van der Waals surface area contributed by atoms with Gasteiger partial charge in [0, 0.05) is 12.3 Å². The summed E-state index contributed by atoms with van der Waals surface area (Å²) in [6.45, 7) is 3.75. The van der Waals surface area contributed by atoms with Crippen molar-refractivity contribution in [3.05, 3.63) is 12.7 Å². The molecule has 20 heavy (non-hydrogen) atoms. The van der Waals surface area contributed by atoms with Crippen molar-refractivity contribution in [1.82, 2.24) is 0 Å². The number of ketones is 1. The third-order valence-electron chi connectivity index (χ3n) is 4.80. The van der Waals surface area contributed by atoms with E-state index in [1.165, 1.54) is 14.2 Å². The molecule has 2 rings (SSSR count). The molecule has 2 aliphatic carbocycles. The molecule has 0 spiro atoms. The molecule has 0 N–H and O–H groups in total. The highest BCUT2D eigenvalue weighted by atomic mass is 16.5. The molecule has 0 radical (unpaired) electrons. The van der Waals surface area contributed by atoms with Crippen molar-refractivity contribution in [2.45, 2.75) is 25.7 Å². The van der Waals surface area contributed by atoms with Crippen LogP contribution in [0.15, 0.2) is 12.7 Å². The molecule has 0 heterocycles. The van der Waals surface area contributed by atoms with E-state index in [0.29, 0.717) is 19.3 Å². The van der Waals surface area contributed by atoms with Gasteiger partial charge in [0.2, 0.25) is 0 Å². The number of hydrogen-bond acceptors (Lipinski definition) is 5. The molecule has 2 aliphatic rings. The molecule has 0 aromatic heterocycles. The smallest absolute Gasteiger partial charge is 0.323 e. The Bertz CT molecular complexity index is 437. The van der Waals surface area contributed by atoms with E-state index in [4.69, 9.17) is 9.47 Å². The van der Waals surface area contributed by atoms with Crippen LogP contribution in [0.25, 0.3) is 0 Å². The van der Waals surface area contributed by atoms with Crippen LogP contribution in [-0.4, -0.2) is 31.9 Å². The fraction of sp³-hybridized carbons (Fsp3) is 0.667. The van der Waals surface area contributed by atoms with E-state index in [-0.39, 0.29) is 30.0 Å². The van der Waals surface area contributed by atoms with Crippen LogP contribution in [0.3, 0.4) is 0 Å². The Morgan fingerprint density at radius 1 is 1.30 bits per heavy atom. The average Bonchev–Trinajstić information content (AvgIpc) is 2.82. The summed E-state index contributed by atoms with van der Waals surface area (Å²) in [6.07, 6.45) is 3.78. The van der Waals surface area contributed by atoms with Crippen LogP contribution in [0.5, 0.6) is 0 Å². The largest absolute Gasteiger partial charge is 0.468 e. The van der Waals surface area contributed by atoms with Crippen LogP contribution < -0.4 is 0 Å². The maximum Gasteiger partial charge on any atom is 0.323 e. The van der Waals surface area contributed by atoms with Crippen molar-refractivity contribution < 1.29 is 23.9 Å². The van der Waals surface area contributed by atoms with E-state index < -0.39 is 17.4 Å². The van der Waals surface area contributed by atoms with Crippen LogP contribution in [-0.2, 0) is 23.9 Å². The summed E-state index contributed by atoms with van der Waals surface area (Å²) in [5, 5.41) is 0. The molecule has 0 aliphatic heterocycles. The van der Waals surface area contributed by atoms with E-state index >= 15 is 0 Å². The first kappa shape index (κ1) is 14.8. The number of carbonyl (C=O) groups excluding carboxylic acids is 3. The highest BCUT2D eigenvalue weighted by Gasteiger charge is 2.65. The molecule has 110 valence electrons. The summed E-state index contributed by atoms with van der Waals surface area (Å²) in [7, 11) is 2.52. The summed E-state index contributed by atoms with van der Waals surface area (Å²) in [4.78, 5) is 36.8. The minimum Gasteiger partial charge on any atom is -0.468 e. The van der Waals surface area contributed by atoms with Crippen molar-refractivity contribution in [2.24, 2.45) is 23.2 Å². The zero-order valence-corrected chi connectivity index (χ0v) is 11.9. The number of esters is 2. The van der Waals surface area contributed by atoms with Crippen molar-refractivity contribution in [3.63, 3.8) is 0 Å². The van der Waals surface area contributed by atoms with Gasteiger partial charge >= 0.3 is 11.9 Å². The Hall–Kier alpha value is -1.65. The number of rotatable bonds is 3. The Kier molecular flexibility index (Phi) is 3.97. The normalized spacial score (nSPS) is 31.3. The summed E-state index contributed by atoms with van der Waals surface area (Å²) in [6, 6.07) is 0. The molecular weight excluding hydrogens is 260 g/mol. The highest BCUT2D eigenvalue weighted by molar-refractivity contribution is 6.02. The lowest BCUT2D eigenvalue weighted by atomic mass is 9.68. The number of allylic oxidation sites excluding steroid dienone is 1. The van der Waals surface area contributed by atoms with Crippen LogP contribution in [0.1, 0.15) is 25.7 Å². The van der Waals surface area contributed by atoms with Gasteiger partial charge < -0.3 is 9.47 Å². The Morgan fingerprint density at radius 2 is 1.90 bits per heavy atom. The van der Waals surface area contributed by atoms with E-state index in [2.05, 4.69) is 6.58 Å². The first-order valence-corrected chi connectivity index (χ1v) is 6.85. The van der Waals surface area contributed by atoms with Gasteiger partial charge in [-0.2, -0.15) is 0 Å². The van der Waals surface area contributed by atoms with E-state index in [0.717, 1.165) is 0 Å². The fourth-order valence-corrected chi connectivity index (χ4v) is 3.95. The molecule has 0 saturated heterocycles. The summed E-state index contributed by atoms with van der Waals surface area (Å²) in [5.41, 5.74) is -1.36. The van der Waals surface area contributed by atoms with Gasteiger partial charge in [-0.05, 0) is 31.1 Å². The monoisotopic (exact) mass is 280 g/mol. The quantitative estimate of drug-likeness (QED) is 0.445. The van der Waals surface area contributed by atoms with E-state index in [9.17, 15) is 14.4 Å². The molecule has 5 heteroatoms. The zero-order valence-electron chi connectivity index (χ0n) is 11.9. The predicted molar refractivity (Wildman–Crippen MR) is 70.6 cm³/mol. The highest BCUT2D eigenvalue weighted by Crippen LogP contribution is 2.56. The molecule has 0 aromatic carbocycles. The van der Waals surface area contributed by atoms with Crippen molar-refractivity contribution in [3.8, 4) is 0 Å². The number of Topliss-reactive ketones (excluding diaryl/α,β-unsaturated/α-hetero) is 1. The molecule has 0 aromatic rings. The third-order valence-corrected chi connectivity index (χ3v) is 4.80. The molecular formula is C15H20O5. The van der Waals surface area contributed by atoms with Gasteiger partial charge in [0.05, 0.1) is 14.2 Å². The molecule has 0 bridgehead atoms. The molecule has 2 fully saturated rings. The second-order valence-electron chi connectivity index (χ2n) is 5.55. The first-order chi connectivity index (χ1) is 9.52. The first-order valence-electron chi connectivity index (χ1n) is 6.85. The van der Waals surface area contributed by atoms with Gasteiger partial charge in [0.25, 0.3) is 0 Å². The van der Waals surface area contributed by atoms with Crippen LogP contribution in [0.2, 0.25) is 0 Å². The predicted octanol–water partition coefficient (Wildman–Crippen LogP) is 1.51. The van der Waals surface area contributed by atoms with Gasteiger partial charge in [0.15, 0.2) is 5.41 Å². The number of methoxy groups -OCH3 is 2. The minimum atomic E-state index is -1.36. The minimum absolute atomic E-state index is 0.112. The summed E-state index contributed by atoms with van der Waals surface area (Å²) >= 11 is 0. The Labute approximate surface area is 118 Å². The van der Waals surface area contributed by atoms with Crippen LogP contribution in [0, 0.1) is 23.2 Å². The van der Waals surface area contributed by atoms with Crippen molar-refractivity contribution >= 4 is 17.7 Å². The van der Waals surface area contributed by atoms with Gasteiger partial charge in [-0.3, -0.25) is 14.4 Å². The maximum absolute atomic E-state index is 12.3. The van der Waals surface area contributed by atoms with Crippen molar-refractivity contribution in [1.29, 1.82) is 0 Å². The average molecular weight is 280 g/mol. The van der Waals surface area contributed by atoms with Crippen LogP contribution in [0.4, 0.5) is 0 Å². The molecule has 2 saturated carbocycles. The third kappa shape index (κ3) is 1.87. The topological polar surface area (TPSA) is 69.7 Å². The Morgan fingerprint density at radius 3 is 2.40 bits per heavy atom. The summed E-state index contributed by atoms with van der Waals surface area (Å²) < 4.78 is 9.70. The standard InChI is InChI=1S/C15H20O5/c1-4-9-8-15(13(17)19-2,14(18)20-3)10-6-5-7-11(16)12(9)10/h4,9-10,12H,1,5-8H2,2-3H3/t9-,10+,12+/m1/s1. The van der Waals surface area contributed by atoms with E-state index in [1.807, 2.05) is 0 Å². The maximum atomic E-state index is 12.3. The molecule has 0 unspecified atom stereocenters. The lowest BCUT2D eigenvalue weighted by Crippen LogP contribution is -2.47. The zero-order chi connectivity index (χ0) is 14.9. The van der Waals surface area contributed by atoms with Gasteiger partial charge in [0.1, 0.15) is 5.78 Å². The molecule has 3 atom stereocenters. The lowest BCUT2D eigenvalue weighted by Gasteiger charge is -2.34. The van der Waals surface area contributed by atoms with Gasteiger partial charge in [-0.15, -0.1) is 6.58 Å². The number of carbonyl (C=O) groups is 3. The number of fused-ring (bicyclic) bond motifs is 1. The number of ether oxygens (including phenoxy) is 2. The van der Waals surface area contributed by atoms with Crippen molar-refractivity contribution in [2.75, 3.05) is 14.2 Å². The lowest BCUT2D eigenvalue weighted by molar-refractivity contribution is -0.173. The summed E-state index contributed by atoms with van der Waals surface area (Å²) in [5.74, 6) is -1.92. The van der Waals surface area contributed by atoms with Gasteiger partial charge in [-0.1, -0.05) is 6.08 Å².